The Kier molecular flexibility index (Phi) is 4.08. The molecule has 0 aliphatic carbocycles. The quantitative estimate of drug-likeness (QED) is 0.559. The molecule has 1 aliphatic heterocycles. The molecular formula is C14H14O4. The number of carbonyl (C=O) groups is 1. The molecule has 1 aromatic carbocycles. The molecule has 4 heteroatoms. The van der Waals surface area contributed by atoms with Gasteiger partial charge in [0.25, 0.3) is 0 Å². The van der Waals surface area contributed by atoms with Crippen LogP contribution in [-0.4, -0.2) is 26.3 Å². The van der Waals surface area contributed by atoms with Crippen molar-refractivity contribution in [3.63, 3.8) is 0 Å². The highest BCUT2D eigenvalue weighted by molar-refractivity contribution is 5.72. The molecule has 1 heterocycles. The molecule has 0 radical (unpaired) electrons. The molecule has 4 nitrogen and oxygen atoms in total. The Bertz CT molecular complexity index is 496. The lowest BCUT2D eigenvalue weighted by Crippen LogP contribution is -1.97. The predicted octanol–water partition coefficient (Wildman–Crippen LogP) is 1.76. The summed E-state index contributed by atoms with van der Waals surface area (Å²) in [5, 5.41) is 0. The van der Waals surface area contributed by atoms with E-state index in [-0.39, 0.29) is 12.4 Å². The van der Waals surface area contributed by atoms with Crippen molar-refractivity contribution >= 4 is 5.97 Å². The number of rotatable bonds is 1. The molecule has 0 saturated heterocycles. The average Bonchev–Trinajstić information content (AvgIpc) is 2.63. The van der Waals surface area contributed by atoms with Crippen LogP contribution in [0.15, 0.2) is 18.2 Å². The Morgan fingerprint density at radius 2 is 2.11 bits per heavy atom. The molecule has 0 bridgehead atoms. The summed E-state index contributed by atoms with van der Waals surface area (Å²) >= 11 is 0. The Hall–Kier alpha value is -2.15. The minimum absolute atomic E-state index is 0.0882. The molecule has 0 aromatic heterocycles. The van der Waals surface area contributed by atoms with Gasteiger partial charge in [0.1, 0.15) is 6.42 Å². The maximum Gasteiger partial charge on any atom is 0.317 e. The third-order valence-electron chi connectivity index (χ3n) is 2.44. The highest BCUT2D eigenvalue weighted by Crippen LogP contribution is 2.30. The van der Waals surface area contributed by atoms with Gasteiger partial charge in [0.05, 0.1) is 20.3 Å². The van der Waals surface area contributed by atoms with Gasteiger partial charge in [-0.1, -0.05) is 11.8 Å². The van der Waals surface area contributed by atoms with E-state index in [0.29, 0.717) is 19.0 Å². The molecule has 0 atom stereocenters. The van der Waals surface area contributed by atoms with Crippen LogP contribution in [-0.2, 0) is 9.53 Å². The summed E-state index contributed by atoms with van der Waals surface area (Å²) in [6, 6.07) is 5.51. The molecule has 0 amide bonds. The lowest BCUT2D eigenvalue weighted by atomic mass is 10.2. The molecule has 94 valence electrons. The van der Waals surface area contributed by atoms with Gasteiger partial charge in [-0.15, -0.1) is 0 Å². The molecule has 1 aliphatic rings. The van der Waals surface area contributed by atoms with E-state index >= 15 is 0 Å². The Labute approximate surface area is 106 Å². The smallest absolute Gasteiger partial charge is 0.317 e. The zero-order valence-electron chi connectivity index (χ0n) is 10.2. The third-order valence-corrected chi connectivity index (χ3v) is 2.44. The van der Waals surface area contributed by atoms with Crippen LogP contribution in [0.3, 0.4) is 0 Å². The number of fused-ring (bicyclic) bond motifs is 1. The maximum absolute atomic E-state index is 10.9. The van der Waals surface area contributed by atoms with Crippen molar-refractivity contribution in [3.8, 4) is 23.3 Å². The van der Waals surface area contributed by atoms with Crippen LogP contribution in [0.4, 0.5) is 0 Å². The topological polar surface area (TPSA) is 44.8 Å². The second kappa shape index (κ2) is 5.97. The summed E-state index contributed by atoms with van der Waals surface area (Å²) in [6.07, 6.45) is 0.961. The molecule has 1 aromatic rings. The number of ether oxygens (including phenoxy) is 3. The van der Waals surface area contributed by atoms with E-state index in [1.807, 2.05) is 18.2 Å². The van der Waals surface area contributed by atoms with Crippen LogP contribution >= 0.6 is 0 Å². The van der Waals surface area contributed by atoms with Crippen LogP contribution in [0.2, 0.25) is 0 Å². The Morgan fingerprint density at radius 1 is 1.33 bits per heavy atom. The average molecular weight is 246 g/mol. The fourth-order valence-corrected chi connectivity index (χ4v) is 1.53. The molecule has 0 saturated carbocycles. The summed E-state index contributed by atoms with van der Waals surface area (Å²) < 4.78 is 15.6. The second-order valence-electron chi connectivity index (χ2n) is 3.77. The van der Waals surface area contributed by atoms with Crippen molar-refractivity contribution in [1.82, 2.24) is 0 Å². The van der Waals surface area contributed by atoms with Crippen molar-refractivity contribution in [2.24, 2.45) is 0 Å². The zero-order valence-corrected chi connectivity index (χ0v) is 10.2. The van der Waals surface area contributed by atoms with Gasteiger partial charge in [0, 0.05) is 12.0 Å². The largest absolute Gasteiger partial charge is 0.490 e. The zero-order chi connectivity index (χ0) is 12.8. The first-order valence-electron chi connectivity index (χ1n) is 5.75. The van der Waals surface area contributed by atoms with Gasteiger partial charge in [-0.25, -0.2) is 0 Å². The molecular weight excluding hydrogens is 232 g/mol. The van der Waals surface area contributed by atoms with Crippen molar-refractivity contribution in [2.45, 2.75) is 12.8 Å². The molecule has 0 spiro atoms. The predicted molar refractivity (Wildman–Crippen MR) is 65.6 cm³/mol. The first-order chi connectivity index (χ1) is 8.79. The maximum atomic E-state index is 10.9. The van der Waals surface area contributed by atoms with Gasteiger partial charge in [-0.05, 0) is 18.2 Å². The molecule has 18 heavy (non-hydrogen) atoms. The van der Waals surface area contributed by atoms with E-state index < -0.39 is 0 Å². The van der Waals surface area contributed by atoms with Gasteiger partial charge in [0.2, 0.25) is 0 Å². The summed E-state index contributed by atoms with van der Waals surface area (Å²) in [5.41, 5.74) is 0.795. The highest BCUT2D eigenvalue weighted by atomic mass is 16.5. The fourth-order valence-electron chi connectivity index (χ4n) is 1.53. The second-order valence-corrected chi connectivity index (χ2v) is 3.77. The molecule has 0 unspecified atom stereocenters. The van der Waals surface area contributed by atoms with E-state index in [9.17, 15) is 4.79 Å². The van der Waals surface area contributed by atoms with Gasteiger partial charge >= 0.3 is 5.97 Å². The van der Waals surface area contributed by atoms with Gasteiger partial charge in [-0.2, -0.15) is 0 Å². The van der Waals surface area contributed by atoms with Crippen molar-refractivity contribution in [2.75, 3.05) is 20.3 Å². The SMILES string of the molecule is COC(=O)CC#Cc1ccc2c(c1)OCCCO2. The van der Waals surface area contributed by atoms with Crippen LogP contribution < -0.4 is 9.47 Å². The Morgan fingerprint density at radius 3 is 2.89 bits per heavy atom. The third kappa shape index (κ3) is 3.17. The lowest BCUT2D eigenvalue weighted by molar-refractivity contribution is -0.139. The van der Waals surface area contributed by atoms with Crippen LogP contribution in [0.25, 0.3) is 0 Å². The van der Waals surface area contributed by atoms with Gasteiger partial charge in [-0.3, -0.25) is 4.79 Å². The lowest BCUT2D eigenvalue weighted by Gasteiger charge is -2.06. The van der Waals surface area contributed by atoms with E-state index in [0.717, 1.165) is 17.7 Å². The number of esters is 1. The minimum Gasteiger partial charge on any atom is -0.490 e. The van der Waals surface area contributed by atoms with Crippen molar-refractivity contribution in [1.29, 1.82) is 0 Å². The normalized spacial score (nSPS) is 12.9. The van der Waals surface area contributed by atoms with Crippen LogP contribution in [0.1, 0.15) is 18.4 Å². The fraction of sp³-hybridized carbons (Fsp3) is 0.357. The summed E-state index contributed by atoms with van der Waals surface area (Å²) in [7, 11) is 1.34. The van der Waals surface area contributed by atoms with E-state index in [1.165, 1.54) is 7.11 Å². The molecule has 0 fully saturated rings. The number of benzene rings is 1. The minimum atomic E-state index is -0.336. The number of methoxy groups -OCH3 is 1. The van der Waals surface area contributed by atoms with E-state index in [4.69, 9.17) is 9.47 Å². The highest BCUT2D eigenvalue weighted by Gasteiger charge is 2.09. The summed E-state index contributed by atoms with van der Waals surface area (Å²) in [5.74, 6) is 6.76. The Balaban J connectivity index is 2.10. The summed E-state index contributed by atoms with van der Waals surface area (Å²) in [4.78, 5) is 10.9. The van der Waals surface area contributed by atoms with Crippen LogP contribution in [0, 0.1) is 11.8 Å². The van der Waals surface area contributed by atoms with Crippen molar-refractivity contribution < 1.29 is 19.0 Å². The molecule has 2 rings (SSSR count). The molecule has 0 N–H and O–H groups in total. The van der Waals surface area contributed by atoms with Gasteiger partial charge in [0.15, 0.2) is 11.5 Å². The number of carbonyl (C=O) groups excluding carboxylic acids is 1. The standard InChI is InChI=1S/C14H14O4/c1-16-14(15)5-2-4-11-6-7-12-13(10-11)18-9-3-8-17-12/h6-7,10H,3,5,8-9H2,1H3. The monoisotopic (exact) mass is 246 g/mol. The van der Waals surface area contributed by atoms with Crippen LogP contribution in [0.5, 0.6) is 11.5 Å². The first kappa shape index (κ1) is 12.3. The van der Waals surface area contributed by atoms with Crippen molar-refractivity contribution in [3.05, 3.63) is 23.8 Å². The summed E-state index contributed by atoms with van der Waals surface area (Å²) in [6.45, 7) is 1.31. The van der Waals surface area contributed by atoms with Gasteiger partial charge < -0.3 is 14.2 Å². The number of hydrogen-bond acceptors (Lipinski definition) is 4. The first-order valence-corrected chi connectivity index (χ1v) is 5.75. The number of hydrogen-bond donors (Lipinski definition) is 0. The van der Waals surface area contributed by atoms with E-state index in [2.05, 4.69) is 16.6 Å². The van der Waals surface area contributed by atoms with E-state index in [1.54, 1.807) is 0 Å².